The maximum Gasteiger partial charge on any atom is 0.308 e. The van der Waals surface area contributed by atoms with Gasteiger partial charge in [0.05, 0.1) is 12.5 Å². The molecule has 0 aromatic heterocycles. The predicted octanol–water partition coefficient (Wildman–Crippen LogP) is 3.67. The molecule has 110 valence electrons. The fraction of sp³-hybridized carbons (Fsp3) is 0.562. The van der Waals surface area contributed by atoms with Gasteiger partial charge in [-0.2, -0.15) is 0 Å². The summed E-state index contributed by atoms with van der Waals surface area (Å²) in [5, 5.41) is 3.45. The van der Waals surface area contributed by atoms with Gasteiger partial charge >= 0.3 is 5.97 Å². The molecule has 0 unspecified atom stereocenters. The van der Waals surface area contributed by atoms with Crippen LogP contribution in [0.25, 0.3) is 0 Å². The van der Waals surface area contributed by atoms with Crippen LogP contribution < -0.4 is 5.32 Å². The van der Waals surface area contributed by atoms with Crippen molar-refractivity contribution in [3.05, 3.63) is 29.6 Å². The van der Waals surface area contributed by atoms with E-state index in [0.29, 0.717) is 12.6 Å². The van der Waals surface area contributed by atoms with Crippen molar-refractivity contribution in [2.75, 3.05) is 11.9 Å². The Kier molecular flexibility index (Phi) is 4.99. The van der Waals surface area contributed by atoms with E-state index in [2.05, 4.69) is 5.32 Å². The van der Waals surface area contributed by atoms with Gasteiger partial charge in [0.1, 0.15) is 5.82 Å². The van der Waals surface area contributed by atoms with Gasteiger partial charge in [-0.15, -0.1) is 0 Å². The predicted molar refractivity (Wildman–Crippen MR) is 77.1 cm³/mol. The fourth-order valence-electron chi connectivity index (χ4n) is 2.74. The molecule has 1 N–H and O–H groups in total. The van der Waals surface area contributed by atoms with Crippen LogP contribution >= 0.6 is 0 Å². The first-order valence-electron chi connectivity index (χ1n) is 7.29. The number of rotatable bonds is 4. The third kappa shape index (κ3) is 3.71. The normalized spacial score (nSPS) is 22.4. The van der Waals surface area contributed by atoms with Crippen LogP contribution in [-0.4, -0.2) is 18.6 Å². The van der Waals surface area contributed by atoms with E-state index in [4.69, 9.17) is 4.74 Å². The Hall–Kier alpha value is -1.58. The van der Waals surface area contributed by atoms with E-state index in [9.17, 15) is 9.18 Å². The van der Waals surface area contributed by atoms with Crippen LogP contribution in [0.3, 0.4) is 0 Å². The highest BCUT2D eigenvalue weighted by Gasteiger charge is 2.27. The van der Waals surface area contributed by atoms with E-state index >= 15 is 0 Å². The molecule has 4 heteroatoms. The van der Waals surface area contributed by atoms with Gasteiger partial charge in [0, 0.05) is 11.7 Å². The lowest BCUT2D eigenvalue weighted by atomic mass is 9.86. The molecular formula is C16H22FNO2. The van der Waals surface area contributed by atoms with Gasteiger partial charge in [-0.3, -0.25) is 4.79 Å². The van der Waals surface area contributed by atoms with Gasteiger partial charge in [0.2, 0.25) is 0 Å². The summed E-state index contributed by atoms with van der Waals surface area (Å²) in [6, 6.07) is 5.14. The van der Waals surface area contributed by atoms with Crippen molar-refractivity contribution in [3.8, 4) is 0 Å². The van der Waals surface area contributed by atoms with E-state index in [0.717, 1.165) is 36.9 Å². The van der Waals surface area contributed by atoms with Crippen molar-refractivity contribution in [1.82, 2.24) is 0 Å². The molecule has 1 aliphatic rings. The molecule has 20 heavy (non-hydrogen) atoms. The summed E-state index contributed by atoms with van der Waals surface area (Å²) in [6.45, 7) is 4.18. The number of benzene rings is 1. The maximum absolute atomic E-state index is 13.1. The number of halogens is 1. The summed E-state index contributed by atoms with van der Waals surface area (Å²) in [4.78, 5) is 11.7. The number of hydrogen-bond acceptors (Lipinski definition) is 3. The Bertz CT molecular complexity index is 468. The molecule has 3 nitrogen and oxygen atoms in total. The number of esters is 1. The van der Waals surface area contributed by atoms with Crippen LogP contribution in [0.15, 0.2) is 18.2 Å². The smallest absolute Gasteiger partial charge is 0.308 e. The van der Waals surface area contributed by atoms with E-state index in [-0.39, 0.29) is 17.7 Å². The van der Waals surface area contributed by atoms with Crippen molar-refractivity contribution in [2.45, 2.75) is 45.6 Å². The van der Waals surface area contributed by atoms with Gasteiger partial charge in [0.15, 0.2) is 0 Å². The van der Waals surface area contributed by atoms with Crippen molar-refractivity contribution < 1.29 is 13.9 Å². The average molecular weight is 279 g/mol. The van der Waals surface area contributed by atoms with Crippen molar-refractivity contribution in [1.29, 1.82) is 0 Å². The number of ether oxygens (including phenoxy) is 1. The Morgan fingerprint density at radius 2 is 2.05 bits per heavy atom. The molecule has 1 aromatic rings. The molecule has 1 aliphatic carbocycles. The molecule has 0 amide bonds. The van der Waals surface area contributed by atoms with Gasteiger partial charge in [-0.25, -0.2) is 4.39 Å². The maximum atomic E-state index is 13.1. The summed E-state index contributed by atoms with van der Waals surface area (Å²) in [5.41, 5.74) is 1.89. The highest BCUT2D eigenvalue weighted by molar-refractivity contribution is 5.72. The number of carbonyl (C=O) groups excluding carboxylic acids is 1. The molecule has 1 aromatic carbocycles. The number of carbonyl (C=O) groups is 1. The minimum absolute atomic E-state index is 0.0438. The molecule has 0 saturated heterocycles. The monoisotopic (exact) mass is 279 g/mol. The minimum atomic E-state index is -0.209. The second-order valence-corrected chi connectivity index (χ2v) is 5.40. The number of hydrogen-bond donors (Lipinski definition) is 1. The second-order valence-electron chi connectivity index (χ2n) is 5.40. The van der Waals surface area contributed by atoms with E-state index in [1.165, 1.54) is 12.1 Å². The summed E-state index contributed by atoms with van der Waals surface area (Å²) < 4.78 is 18.1. The molecule has 1 fully saturated rings. The van der Waals surface area contributed by atoms with Crippen LogP contribution in [0.2, 0.25) is 0 Å². The summed E-state index contributed by atoms with van der Waals surface area (Å²) in [5.74, 6) is -0.231. The Labute approximate surface area is 119 Å². The first-order valence-corrected chi connectivity index (χ1v) is 7.29. The number of anilines is 1. The Morgan fingerprint density at radius 3 is 2.65 bits per heavy atom. The molecule has 0 spiro atoms. The van der Waals surface area contributed by atoms with E-state index < -0.39 is 0 Å². The summed E-state index contributed by atoms with van der Waals surface area (Å²) >= 11 is 0. The molecule has 0 aliphatic heterocycles. The van der Waals surface area contributed by atoms with Gasteiger partial charge < -0.3 is 10.1 Å². The molecule has 1 saturated carbocycles. The topological polar surface area (TPSA) is 38.3 Å². The quantitative estimate of drug-likeness (QED) is 0.855. The molecular weight excluding hydrogens is 257 g/mol. The van der Waals surface area contributed by atoms with Crippen molar-refractivity contribution in [2.24, 2.45) is 5.92 Å². The van der Waals surface area contributed by atoms with Crippen LogP contribution in [0.5, 0.6) is 0 Å². The number of aryl methyl sites for hydroxylation is 1. The summed E-state index contributed by atoms with van der Waals surface area (Å²) in [6.07, 6.45) is 3.61. The van der Waals surface area contributed by atoms with Crippen LogP contribution in [-0.2, 0) is 9.53 Å². The lowest BCUT2D eigenvalue weighted by Gasteiger charge is -2.29. The average Bonchev–Trinajstić information content (AvgIpc) is 2.43. The first-order chi connectivity index (χ1) is 9.60. The minimum Gasteiger partial charge on any atom is -0.466 e. The molecule has 2 rings (SSSR count). The van der Waals surface area contributed by atoms with Crippen LogP contribution in [0, 0.1) is 18.7 Å². The molecule has 0 atom stereocenters. The van der Waals surface area contributed by atoms with E-state index in [1.54, 1.807) is 6.07 Å². The third-order valence-electron chi connectivity index (χ3n) is 3.90. The van der Waals surface area contributed by atoms with Gasteiger partial charge in [0.25, 0.3) is 0 Å². The Balaban J connectivity index is 1.86. The fourth-order valence-corrected chi connectivity index (χ4v) is 2.74. The van der Waals surface area contributed by atoms with Gasteiger partial charge in [-0.1, -0.05) is 0 Å². The summed E-state index contributed by atoms with van der Waals surface area (Å²) in [7, 11) is 0. The second kappa shape index (κ2) is 6.73. The molecule has 0 heterocycles. The zero-order valence-corrected chi connectivity index (χ0v) is 12.1. The van der Waals surface area contributed by atoms with Crippen molar-refractivity contribution in [3.63, 3.8) is 0 Å². The lowest BCUT2D eigenvalue weighted by molar-refractivity contribution is -0.149. The zero-order valence-electron chi connectivity index (χ0n) is 12.1. The highest BCUT2D eigenvalue weighted by atomic mass is 19.1. The Morgan fingerprint density at radius 1 is 1.35 bits per heavy atom. The first kappa shape index (κ1) is 14.8. The number of nitrogens with one attached hydrogen (secondary N) is 1. The van der Waals surface area contributed by atoms with Crippen LogP contribution in [0.4, 0.5) is 10.1 Å². The standard InChI is InChI=1S/C16H22FNO2/c1-3-20-16(19)12-4-7-14(8-5-12)18-15-9-6-13(17)10-11(15)2/h6,9-10,12,14,18H,3-5,7-8H2,1-2H3. The lowest BCUT2D eigenvalue weighted by Crippen LogP contribution is -2.30. The third-order valence-corrected chi connectivity index (χ3v) is 3.90. The van der Waals surface area contributed by atoms with Gasteiger partial charge in [-0.05, 0) is 63.3 Å². The largest absolute Gasteiger partial charge is 0.466 e. The zero-order chi connectivity index (χ0) is 14.5. The molecule has 0 bridgehead atoms. The SMILES string of the molecule is CCOC(=O)C1CCC(Nc2ccc(F)cc2C)CC1. The van der Waals surface area contributed by atoms with E-state index in [1.807, 2.05) is 13.8 Å². The molecule has 0 radical (unpaired) electrons. The highest BCUT2D eigenvalue weighted by Crippen LogP contribution is 2.28. The van der Waals surface area contributed by atoms with Crippen molar-refractivity contribution >= 4 is 11.7 Å². The van der Waals surface area contributed by atoms with Crippen LogP contribution in [0.1, 0.15) is 38.2 Å².